The van der Waals surface area contributed by atoms with Crippen LogP contribution in [0, 0.1) is 0 Å². The fourth-order valence-corrected chi connectivity index (χ4v) is 4.02. The minimum atomic E-state index is 0.120. The molecule has 3 heteroatoms. The number of rotatable bonds is 5. The van der Waals surface area contributed by atoms with Crippen molar-refractivity contribution in [3.8, 4) is 11.1 Å². The highest BCUT2D eigenvalue weighted by Crippen LogP contribution is 2.45. The number of hydrogen-bond acceptors (Lipinski definition) is 2. The van der Waals surface area contributed by atoms with Gasteiger partial charge < -0.3 is 5.32 Å². The maximum absolute atomic E-state index is 11.3. The average molecular weight is 297 g/mol. The largest absolute Gasteiger partial charge is 0.359 e. The van der Waals surface area contributed by atoms with Gasteiger partial charge in [-0.2, -0.15) is 11.8 Å². The minimum absolute atomic E-state index is 0.120. The summed E-state index contributed by atoms with van der Waals surface area (Å²) >= 11 is 1.86. The number of benzene rings is 2. The summed E-state index contributed by atoms with van der Waals surface area (Å²) < 4.78 is 0. The molecule has 0 fully saturated rings. The lowest BCUT2D eigenvalue weighted by Gasteiger charge is -2.13. The smallest absolute Gasteiger partial charge is 0.220 e. The van der Waals surface area contributed by atoms with Crippen LogP contribution in [0.4, 0.5) is 0 Å². The summed E-state index contributed by atoms with van der Waals surface area (Å²) in [5.41, 5.74) is 5.58. The predicted octanol–water partition coefficient (Wildman–Crippen LogP) is 3.67. The van der Waals surface area contributed by atoms with E-state index in [-0.39, 0.29) is 5.91 Å². The normalized spacial score (nSPS) is 12.8. The van der Waals surface area contributed by atoms with Crippen LogP contribution in [-0.2, 0) is 4.79 Å². The van der Waals surface area contributed by atoms with Gasteiger partial charge in [-0.3, -0.25) is 4.79 Å². The summed E-state index contributed by atoms with van der Waals surface area (Å²) in [6, 6.07) is 17.3. The van der Waals surface area contributed by atoms with Gasteiger partial charge in [0.15, 0.2) is 0 Å². The van der Waals surface area contributed by atoms with Gasteiger partial charge in [-0.25, -0.2) is 0 Å². The van der Waals surface area contributed by atoms with Crippen molar-refractivity contribution < 1.29 is 4.79 Å². The number of hydrogen-bond donors (Lipinski definition) is 1. The van der Waals surface area contributed by atoms with Crippen LogP contribution < -0.4 is 5.32 Å². The molecule has 2 aromatic carbocycles. The highest BCUT2D eigenvalue weighted by molar-refractivity contribution is 7.99. The Hall–Kier alpha value is -1.74. The Morgan fingerprint density at radius 1 is 1.05 bits per heavy atom. The van der Waals surface area contributed by atoms with Crippen LogP contribution in [0.15, 0.2) is 48.5 Å². The van der Waals surface area contributed by atoms with Crippen molar-refractivity contribution in [3.05, 3.63) is 59.7 Å². The molecular formula is C18H19NOS. The molecule has 0 radical (unpaired) electrons. The second kappa shape index (κ2) is 6.35. The van der Waals surface area contributed by atoms with Crippen molar-refractivity contribution in [2.45, 2.75) is 12.3 Å². The van der Waals surface area contributed by atoms with Crippen LogP contribution in [0.25, 0.3) is 11.1 Å². The van der Waals surface area contributed by atoms with Gasteiger partial charge in [-0.1, -0.05) is 48.5 Å². The van der Waals surface area contributed by atoms with E-state index >= 15 is 0 Å². The van der Waals surface area contributed by atoms with E-state index in [9.17, 15) is 4.79 Å². The SMILES string of the molecule is CNC(=O)CCSCC1c2ccccc2-c2ccccc21. The zero-order valence-corrected chi connectivity index (χ0v) is 13.0. The lowest BCUT2D eigenvalue weighted by molar-refractivity contribution is -0.120. The van der Waals surface area contributed by atoms with Crippen molar-refractivity contribution in [2.24, 2.45) is 0 Å². The monoisotopic (exact) mass is 297 g/mol. The third-order valence-electron chi connectivity index (χ3n) is 4.00. The van der Waals surface area contributed by atoms with E-state index in [0.717, 1.165) is 11.5 Å². The molecule has 0 aromatic heterocycles. The molecule has 0 aliphatic heterocycles. The van der Waals surface area contributed by atoms with Crippen LogP contribution in [0.5, 0.6) is 0 Å². The minimum Gasteiger partial charge on any atom is -0.359 e. The summed E-state index contributed by atoms with van der Waals surface area (Å²) in [4.78, 5) is 11.3. The summed E-state index contributed by atoms with van der Waals surface area (Å²) in [6.45, 7) is 0. The van der Waals surface area contributed by atoms with Crippen LogP contribution >= 0.6 is 11.8 Å². The quantitative estimate of drug-likeness (QED) is 0.853. The number of nitrogens with one attached hydrogen (secondary N) is 1. The maximum atomic E-state index is 11.3. The number of amides is 1. The highest BCUT2D eigenvalue weighted by Gasteiger charge is 2.27. The number of carbonyl (C=O) groups is 1. The van der Waals surface area contributed by atoms with Crippen molar-refractivity contribution in [2.75, 3.05) is 18.6 Å². The van der Waals surface area contributed by atoms with Gasteiger partial charge in [0.2, 0.25) is 5.91 Å². The molecule has 0 heterocycles. The van der Waals surface area contributed by atoms with Gasteiger partial charge in [0, 0.05) is 30.9 Å². The van der Waals surface area contributed by atoms with Gasteiger partial charge in [0.05, 0.1) is 0 Å². The van der Waals surface area contributed by atoms with Crippen LogP contribution in [0.1, 0.15) is 23.5 Å². The van der Waals surface area contributed by atoms with Crippen molar-refractivity contribution in [3.63, 3.8) is 0 Å². The van der Waals surface area contributed by atoms with Crippen LogP contribution in [0.3, 0.4) is 0 Å². The molecule has 108 valence electrons. The first-order valence-corrected chi connectivity index (χ1v) is 8.43. The van der Waals surface area contributed by atoms with Gasteiger partial charge in [-0.05, 0) is 22.3 Å². The zero-order chi connectivity index (χ0) is 14.7. The topological polar surface area (TPSA) is 29.1 Å². The second-order valence-corrected chi connectivity index (χ2v) is 6.38. The zero-order valence-electron chi connectivity index (χ0n) is 12.1. The first kappa shape index (κ1) is 14.2. The Balaban J connectivity index is 1.75. The third-order valence-corrected chi connectivity index (χ3v) is 5.06. The molecule has 0 spiro atoms. The van der Waals surface area contributed by atoms with Crippen LogP contribution in [0.2, 0.25) is 0 Å². The molecule has 1 N–H and O–H groups in total. The van der Waals surface area contributed by atoms with E-state index in [4.69, 9.17) is 0 Å². The first-order valence-electron chi connectivity index (χ1n) is 7.28. The average Bonchev–Trinajstić information content (AvgIpc) is 2.86. The standard InChI is InChI=1S/C18H19NOS/c1-19-18(20)10-11-21-12-17-15-8-4-2-6-13(15)14-7-3-5-9-16(14)17/h2-9,17H,10-12H2,1H3,(H,19,20). The molecule has 0 bridgehead atoms. The lowest BCUT2D eigenvalue weighted by atomic mass is 9.99. The predicted molar refractivity (Wildman–Crippen MR) is 89.7 cm³/mol. The molecule has 2 aromatic rings. The van der Waals surface area contributed by atoms with Gasteiger partial charge >= 0.3 is 0 Å². The fourth-order valence-electron chi connectivity index (χ4n) is 2.93. The van der Waals surface area contributed by atoms with Crippen LogP contribution in [-0.4, -0.2) is 24.5 Å². The maximum Gasteiger partial charge on any atom is 0.220 e. The highest BCUT2D eigenvalue weighted by atomic mass is 32.2. The molecule has 1 aliphatic carbocycles. The Morgan fingerprint density at radius 2 is 1.62 bits per heavy atom. The molecule has 0 atom stereocenters. The fraction of sp³-hybridized carbons (Fsp3) is 0.278. The molecule has 3 rings (SSSR count). The Bertz CT molecular complexity index is 608. The molecule has 0 saturated heterocycles. The third kappa shape index (κ3) is 2.84. The molecule has 1 amide bonds. The number of thioether (sulfide) groups is 1. The van der Waals surface area contributed by atoms with E-state index in [1.807, 2.05) is 11.8 Å². The summed E-state index contributed by atoms with van der Waals surface area (Å²) in [5, 5.41) is 2.67. The van der Waals surface area contributed by atoms with Gasteiger partial charge in [-0.15, -0.1) is 0 Å². The molecular weight excluding hydrogens is 278 g/mol. The molecule has 21 heavy (non-hydrogen) atoms. The van der Waals surface area contributed by atoms with Gasteiger partial charge in [0.25, 0.3) is 0 Å². The Labute approximate surface area is 130 Å². The summed E-state index contributed by atoms with van der Waals surface area (Å²) in [6.07, 6.45) is 0.594. The lowest BCUT2D eigenvalue weighted by Crippen LogP contribution is -2.18. The summed E-state index contributed by atoms with van der Waals surface area (Å²) in [7, 11) is 1.69. The van der Waals surface area contributed by atoms with Crippen molar-refractivity contribution in [1.82, 2.24) is 5.32 Å². The molecule has 0 saturated carbocycles. The molecule has 0 unspecified atom stereocenters. The molecule has 2 nitrogen and oxygen atoms in total. The van der Waals surface area contributed by atoms with Gasteiger partial charge in [0.1, 0.15) is 0 Å². The van der Waals surface area contributed by atoms with Crippen molar-refractivity contribution in [1.29, 1.82) is 0 Å². The van der Waals surface area contributed by atoms with E-state index in [0.29, 0.717) is 12.3 Å². The number of carbonyl (C=O) groups excluding carboxylic acids is 1. The molecule has 1 aliphatic rings. The summed E-state index contributed by atoms with van der Waals surface area (Å²) in [5.74, 6) is 2.48. The Kier molecular flexibility index (Phi) is 4.30. The van der Waals surface area contributed by atoms with E-state index < -0.39 is 0 Å². The van der Waals surface area contributed by atoms with E-state index in [1.165, 1.54) is 22.3 Å². The van der Waals surface area contributed by atoms with E-state index in [1.54, 1.807) is 7.05 Å². The number of fused-ring (bicyclic) bond motifs is 3. The Morgan fingerprint density at radius 3 is 2.19 bits per heavy atom. The van der Waals surface area contributed by atoms with E-state index in [2.05, 4.69) is 53.8 Å². The second-order valence-electron chi connectivity index (χ2n) is 5.23. The van der Waals surface area contributed by atoms with Crippen molar-refractivity contribution >= 4 is 17.7 Å². The first-order chi connectivity index (χ1) is 10.3.